The molecule has 0 saturated heterocycles. The van der Waals surface area contributed by atoms with Crippen molar-refractivity contribution in [3.05, 3.63) is 71.3 Å². The van der Waals surface area contributed by atoms with Crippen LogP contribution < -0.4 is 5.32 Å². The molecule has 1 heterocycles. The summed E-state index contributed by atoms with van der Waals surface area (Å²) < 4.78 is 38.6. The van der Waals surface area contributed by atoms with Gasteiger partial charge in [-0.2, -0.15) is 18.3 Å². The highest BCUT2D eigenvalue weighted by Gasteiger charge is 2.32. The molecule has 7 heteroatoms. The first-order valence-corrected chi connectivity index (χ1v) is 10.2. The number of nitrogens with zero attached hydrogens (tertiary/aromatic N) is 2. The fraction of sp³-hybridized carbons (Fsp3) is 0.391. The molecule has 1 aliphatic rings. The summed E-state index contributed by atoms with van der Waals surface area (Å²) in [6, 6.07) is 14.5. The third-order valence-electron chi connectivity index (χ3n) is 5.18. The molecular weight excluding hydrogens is 391 g/mol. The fourth-order valence-corrected chi connectivity index (χ4v) is 3.56. The van der Waals surface area contributed by atoms with E-state index in [1.54, 1.807) is 6.07 Å². The summed E-state index contributed by atoms with van der Waals surface area (Å²) in [5.74, 6) is 0.0439. The van der Waals surface area contributed by atoms with E-state index in [1.165, 1.54) is 11.1 Å². The van der Waals surface area contributed by atoms with Gasteiger partial charge in [0.1, 0.15) is 0 Å². The van der Waals surface area contributed by atoms with Crippen LogP contribution in [0.15, 0.2) is 59.7 Å². The molecule has 0 spiro atoms. The number of rotatable bonds is 7. The molecule has 1 N–H and O–H groups in total. The third-order valence-corrected chi connectivity index (χ3v) is 5.18. The number of urea groups is 1. The van der Waals surface area contributed by atoms with Gasteiger partial charge in [0.2, 0.25) is 0 Å². The highest BCUT2D eigenvalue weighted by molar-refractivity contribution is 5.94. The van der Waals surface area contributed by atoms with Crippen molar-refractivity contribution in [2.24, 2.45) is 5.10 Å². The molecule has 1 aliphatic heterocycles. The number of amides is 2. The molecular formula is C23H26F3N3O. The minimum absolute atomic E-state index is 0.00987. The van der Waals surface area contributed by atoms with Gasteiger partial charge in [0, 0.05) is 18.2 Å². The summed E-state index contributed by atoms with van der Waals surface area (Å²) in [5.41, 5.74) is 1.75. The van der Waals surface area contributed by atoms with Crippen LogP contribution in [0.2, 0.25) is 0 Å². The first-order chi connectivity index (χ1) is 14.4. The van der Waals surface area contributed by atoms with Crippen LogP contribution in [0.1, 0.15) is 55.2 Å². The van der Waals surface area contributed by atoms with Gasteiger partial charge in [-0.15, -0.1) is 0 Å². The second-order valence-electron chi connectivity index (χ2n) is 7.45. The Morgan fingerprint density at radius 2 is 1.90 bits per heavy atom. The van der Waals surface area contributed by atoms with Crippen molar-refractivity contribution in [2.45, 2.75) is 51.2 Å². The van der Waals surface area contributed by atoms with Gasteiger partial charge in [0.25, 0.3) is 0 Å². The highest BCUT2D eigenvalue weighted by Crippen LogP contribution is 2.30. The standard InChI is InChI=1S/C23H26F3N3O/c1-2-3-5-13-21-20(18-10-6-4-7-11-18)16-29(28-21)22(30)27-15-17-9-8-12-19(14-17)23(24,25)26/h4,6-12,14,20H,2-3,5,13,15-16H2,1H3,(H,27,30). The fourth-order valence-electron chi connectivity index (χ4n) is 3.56. The highest BCUT2D eigenvalue weighted by atomic mass is 19.4. The summed E-state index contributed by atoms with van der Waals surface area (Å²) in [5, 5.41) is 8.63. The van der Waals surface area contributed by atoms with E-state index in [9.17, 15) is 18.0 Å². The maximum atomic E-state index is 12.9. The minimum Gasteiger partial charge on any atom is -0.332 e. The zero-order chi connectivity index (χ0) is 21.6. The minimum atomic E-state index is -4.41. The zero-order valence-corrected chi connectivity index (χ0v) is 17.0. The van der Waals surface area contributed by atoms with Crippen molar-refractivity contribution in [2.75, 3.05) is 6.54 Å². The molecule has 0 fully saturated rings. The Balaban J connectivity index is 1.66. The molecule has 0 radical (unpaired) electrons. The van der Waals surface area contributed by atoms with Crippen molar-refractivity contribution < 1.29 is 18.0 Å². The number of hydrogen-bond donors (Lipinski definition) is 1. The number of hydrazone groups is 1. The summed E-state index contributed by atoms with van der Waals surface area (Å²) in [7, 11) is 0. The van der Waals surface area contributed by atoms with Crippen LogP contribution >= 0.6 is 0 Å². The lowest BCUT2D eigenvalue weighted by atomic mass is 9.92. The Morgan fingerprint density at radius 1 is 1.13 bits per heavy atom. The van der Waals surface area contributed by atoms with Gasteiger partial charge in [0.05, 0.1) is 12.1 Å². The van der Waals surface area contributed by atoms with E-state index >= 15 is 0 Å². The van der Waals surface area contributed by atoms with Crippen LogP contribution in [0.4, 0.5) is 18.0 Å². The summed E-state index contributed by atoms with van der Waals surface area (Å²) in [4.78, 5) is 12.6. The Morgan fingerprint density at radius 3 is 2.60 bits per heavy atom. The van der Waals surface area contributed by atoms with Crippen molar-refractivity contribution in [1.29, 1.82) is 0 Å². The van der Waals surface area contributed by atoms with Crippen LogP contribution in [-0.4, -0.2) is 23.3 Å². The molecule has 160 valence electrons. The normalized spacial score (nSPS) is 16.5. The number of nitrogens with one attached hydrogen (secondary N) is 1. The molecule has 4 nitrogen and oxygen atoms in total. The molecule has 0 bridgehead atoms. The molecule has 2 aromatic rings. The first-order valence-electron chi connectivity index (χ1n) is 10.2. The van der Waals surface area contributed by atoms with Gasteiger partial charge in [-0.1, -0.05) is 62.2 Å². The number of hydrogen-bond acceptors (Lipinski definition) is 2. The molecule has 1 atom stereocenters. The number of carbonyl (C=O) groups is 1. The summed E-state index contributed by atoms with van der Waals surface area (Å²) in [6.45, 7) is 2.58. The lowest BCUT2D eigenvalue weighted by molar-refractivity contribution is -0.137. The number of carbonyl (C=O) groups excluding carboxylic acids is 1. The molecule has 1 unspecified atom stereocenters. The lowest BCUT2D eigenvalue weighted by Gasteiger charge is -2.16. The van der Waals surface area contributed by atoms with E-state index in [4.69, 9.17) is 0 Å². The smallest absolute Gasteiger partial charge is 0.332 e. The van der Waals surface area contributed by atoms with Gasteiger partial charge in [0.15, 0.2) is 0 Å². The van der Waals surface area contributed by atoms with E-state index in [-0.39, 0.29) is 12.5 Å². The number of benzene rings is 2. The Hall–Kier alpha value is -2.83. The molecule has 0 aliphatic carbocycles. The summed E-state index contributed by atoms with van der Waals surface area (Å²) >= 11 is 0. The Bertz CT molecular complexity index is 881. The van der Waals surface area contributed by atoms with Crippen LogP contribution in [-0.2, 0) is 12.7 Å². The van der Waals surface area contributed by atoms with Crippen LogP contribution in [0.3, 0.4) is 0 Å². The monoisotopic (exact) mass is 417 g/mol. The van der Waals surface area contributed by atoms with E-state index in [1.807, 2.05) is 30.3 Å². The van der Waals surface area contributed by atoms with Crippen LogP contribution in [0.25, 0.3) is 0 Å². The Kier molecular flexibility index (Phi) is 7.13. The average Bonchev–Trinajstić information content (AvgIpc) is 3.17. The number of alkyl halides is 3. The first kappa shape index (κ1) is 21.9. The van der Waals surface area contributed by atoms with E-state index in [0.717, 1.165) is 49.1 Å². The molecule has 3 rings (SSSR count). The molecule has 0 saturated carbocycles. The number of unbranched alkanes of at least 4 members (excludes halogenated alkanes) is 2. The topological polar surface area (TPSA) is 44.7 Å². The van der Waals surface area contributed by atoms with Crippen LogP contribution in [0, 0.1) is 0 Å². The second-order valence-corrected chi connectivity index (χ2v) is 7.45. The molecule has 30 heavy (non-hydrogen) atoms. The quantitative estimate of drug-likeness (QED) is 0.556. The predicted octanol–water partition coefficient (Wildman–Crippen LogP) is 5.95. The van der Waals surface area contributed by atoms with E-state index in [0.29, 0.717) is 12.1 Å². The molecule has 0 aromatic heterocycles. The molecule has 2 aromatic carbocycles. The van der Waals surface area contributed by atoms with E-state index < -0.39 is 17.8 Å². The predicted molar refractivity (Wildman–Crippen MR) is 111 cm³/mol. The second kappa shape index (κ2) is 9.78. The maximum Gasteiger partial charge on any atom is 0.416 e. The molecule has 2 amide bonds. The number of halogens is 3. The summed E-state index contributed by atoms with van der Waals surface area (Å²) in [6.07, 6.45) is -0.370. The van der Waals surface area contributed by atoms with E-state index in [2.05, 4.69) is 17.3 Å². The van der Waals surface area contributed by atoms with Gasteiger partial charge in [-0.25, -0.2) is 9.80 Å². The van der Waals surface area contributed by atoms with Gasteiger partial charge in [-0.3, -0.25) is 0 Å². The van der Waals surface area contributed by atoms with Crippen molar-refractivity contribution in [3.8, 4) is 0 Å². The van der Waals surface area contributed by atoms with Gasteiger partial charge >= 0.3 is 12.2 Å². The zero-order valence-electron chi connectivity index (χ0n) is 17.0. The van der Waals surface area contributed by atoms with Crippen molar-refractivity contribution in [3.63, 3.8) is 0 Å². The van der Waals surface area contributed by atoms with Gasteiger partial charge < -0.3 is 5.32 Å². The van der Waals surface area contributed by atoms with Crippen LogP contribution in [0.5, 0.6) is 0 Å². The maximum absolute atomic E-state index is 12.9. The van der Waals surface area contributed by atoms with Crippen molar-refractivity contribution >= 4 is 11.7 Å². The largest absolute Gasteiger partial charge is 0.416 e. The Labute approximate surface area is 174 Å². The third kappa shape index (κ3) is 5.62. The average molecular weight is 417 g/mol. The van der Waals surface area contributed by atoms with Gasteiger partial charge in [-0.05, 0) is 36.1 Å². The van der Waals surface area contributed by atoms with Crippen molar-refractivity contribution in [1.82, 2.24) is 10.3 Å². The SMILES string of the molecule is CCCCCC1=NN(C(=O)NCc2cccc(C(F)(F)F)c2)CC1c1ccccc1. The lowest BCUT2D eigenvalue weighted by Crippen LogP contribution is -2.35.